The highest BCUT2D eigenvalue weighted by Crippen LogP contribution is 2.38. The van der Waals surface area contributed by atoms with Gasteiger partial charge in [0, 0.05) is 17.8 Å². The van der Waals surface area contributed by atoms with Crippen molar-refractivity contribution >= 4 is 21.8 Å². The van der Waals surface area contributed by atoms with Gasteiger partial charge in [-0.2, -0.15) is 11.8 Å². The van der Waals surface area contributed by atoms with E-state index >= 15 is 0 Å². The minimum atomic E-state index is -3.21. The molecule has 0 amide bonds. The summed E-state index contributed by atoms with van der Waals surface area (Å²) in [7, 11) is -3.21. The maximum atomic E-state index is 12.2. The molecule has 0 aromatic heterocycles. The molecule has 0 heterocycles. The van der Waals surface area contributed by atoms with Crippen LogP contribution in [0.15, 0.2) is 0 Å². The second kappa shape index (κ2) is 7.86. The molecule has 2 N–H and O–H groups in total. The molecular weight excluding hydrogens is 280 g/mol. The second-order valence-electron chi connectivity index (χ2n) is 5.43. The zero-order valence-corrected chi connectivity index (χ0v) is 14.0. The third-order valence-electron chi connectivity index (χ3n) is 4.00. The first-order chi connectivity index (χ1) is 8.96. The van der Waals surface area contributed by atoms with Crippen molar-refractivity contribution in [1.29, 1.82) is 0 Å². The highest BCUT2D eigenvalue weighted by molar-refractivity contribution is 8.00. The molecule has 1 fully saturated rings. The van der Waals surface area contributed by atoms with Gasteiger partial charge in [-0.3, -0.25) is 0 Å². The van der Waals surface area contributed by atoms with E-state index in [0.29, 0.717) is 13.1 Å². The summed E-state index contributed by atoms with van der Waals surface area (Å²) in [4.78, 5) is 0. The minimum Gasteiger partial charge on any atom is -0.316 e. The van der Waals surface area contributed by atoms with Crippen LogP contribution in [0.4, 0.5) is 0 Å². The van der Waals surface area contributed by atoms with Gasteiger partial charge < -0.3 is 5.32 Å². The zero-order valence-electron chi connectivity index (χ0n) is 12.4. The number of thioether (sulfide) groups is 1. The predicted octanol–water partition coefficient (Wildman–Crippen LogP) is 1.97. The van der Waals surface area contributed by atoms with Gasteiger partial charge in [-0.05, 0) is 32.6 Å². The van der Waals surface area contributed by atoms with E-state index < -0.39 is 10.0 Å². The summed E-state index contributed by atoms with van der Waals surface area (Å²) in [5, 5.41) is 2.71. The third kappa shape index (κ3) is 5.25. The van der Waals surface area contributed by atoms with E-state index in [1.807, 2.05) is 18.7 Å². The highest BCUT2D eigenvalue weighted by atomic mass is 32.2. The van der Waals surface area contributed by atoms with Gasteiger partial charge in [0.25, 0.3) is 0 Å². The Hall–Kier alpha value is 0.220. The number of nitrogens with one attached hydrogen (secondary N) is 2. The van der Waals surface area contributed by atoms with Gasteiger partial charge >= 0.3 is 0 Å². The standard InChI is InChI=1S/C13H28N2O2S2/c1-4-14-10-12(2)19(16,17)15-11-13(18-3)8-6-5-7-9-13/h12,14-15H,4-11H2,1-3H3. The molecule has 0 bridgehead atoms. The predicted molar refractivity (Wildman–Crippen MR) is 84.3 cm³/mol. The first-order valence-corrected chi connectivity index (χ1v) is 9.97. The van der Waals surface area contributed by atoms with Crippen molar-refractivity contribution in [2.24, 2.45) is 0 Å². The van der Waals surface area contributed by atoms with Crippen LogP contribution in [0.2, 0.25) is 0 Å². The Morgan fingerprint density at radius 1 is 1.26 bits per heavy atom. The topological polar surface area (TPSA) is 58.2 Å². The molecule has 0 saturated heterocycles. The third-order valence-corrected chi connectivity index (χ3v) is 7.20. The lowest BCUT2D eigenvalue weighted by Crippen LogP contribution is -2.46. The average Bonchev–Trinajstić information content (AvgIpc) is 2.43. The van der Waals surface area contributed by atoms with E-state index in [-0.39, 0.29) is 10.00 Å². The van der Waals surface area contributed by atoms with Gasteiger partial charge in [0.1, 0.15) is 0 Å². The number of rotatable bonds is 8. The van der Waals surface area contributed by atoms with E-state index in [2.05, 4.69) is 16.3 Å². The molecule has 114 valence electrons. The van der Waals surface area contributed by atoms with Crippen molar-refractivity contribution < 1.29 is 8.42 Å². The molecule has 1 atom stereocenters. The molecule has 0 radical (unpaired) electrons. The molecule has 19 heavy (non-hydrogen) atoms. The van der Waals surface area contributed by atoms with E-state index in [1.165, 1.54) is 19.3 Å². The SMILES string of the molecule is CCNCC(C)S(=O)(=O)NCC1(SC)CCCCC1. The van der Waals surface area contributed by atoms with Crippen LogP contribution >= 0.6 is 11.8 Å². The molecule has 1 aliphatic rings. The van der Waals surface area contributed by atoms with Crippen molar-refractivity contribution in [2.75, 3.05) is 25.9 Å². The monoisotopic (exact) mass is 308 g/mol. The number of hydrogen-bond acceptors (Lipinski definition) is 4. The summed E-state index contributed by atoms with van der Waals surface area (Å²) in [6.07, 6.45) is 8.06. The molecule has 1 rings (SSSR count). The Kier molecular flexibility index (Phi) is 7.14. The molecule has 4 nitrogen and oxygen atoms in total. The normalized spacial score (nSPS) is 21.2. The number of sulfonamides is 1. The quantitative estimate of drug-likeness (QED) is 0.720. The summed E-state index contributed by atoms with van der Waals surface area (Å²) in [6.45, 7) is 5.63. The molecule has 1 unspecified atom stereocenters. The van der Waals surface area contributed by atoms with Crippen LogP contribution in [0.1, 0.15) is 46.0 Å². The molecule has 0 aromatic rings. The minimum absolute atomic E-state index is 0.114. The van der Waals surface area contributed by atoms with Crippen molar-refractivity contribution in [3.8, 4) is 0 Å². The smallest absolute Gasteiger partial charge is 0.215 e. The van der Waals surface area contributed by atoms with Gasteiger partial charge in [-0.25, -0.2) is 13.1 Å². The first kappa shape index (κ1) is 17.3. The molecular formula is C13H28N2O2S2. The van der Waals surface area contributed by atoms with Crippen LogP contribution in [-0.4, -0.2) is 44.3 Å². The summed E-state index contributed by atoms with van der Waals surface area (Å²) in [5.74, 6) is 0. The van der Waals surface area contributed by atoms with Crippen LogP contribution in [0.25, 0.3) is 0 Å². The lowest BCUT2D eigenvalue weighted by Gasteiger charge is -2.36. The van der Waals surface area contributed by atoms with Gasteiger partial charge in [0.2, 0.25) is 10.0 Å². The number of hydrogen-bond donors (Lipinski definition) is 2. The Morgan fingerprint density at radius 3 is 2.42 bits per heavy atom. The maximum absolute atomic E-state index is 12.2. The summed E-state index contributed by atoms with van der Waals surface area (Å²) < 4.78 is 27.3. The van der Waals surface area contributed by atoms with Gasteiger partial charge in [-0.1, -0.05) is 26.2 Å². The highest BCUT2D eigenvalue weighted by Gasteiger charge is 2.33. The lowest BCUT2D eigenvalue weighted by atomic mass is 9.88. The van der Waals surface area contributed by atoms with E-state index in [0.717, 1.165) is 19.4 Å². The summed E-state index contributed by atoms with van der Waals surface area (Å²) >= 11 is 1.82. The van der Waals surface area contributed by atoms with Crippen LogP contribution in [0.5, 0.6) is 0 Å². The van der Waals surface area contributed by atoms with Gasteiger partial charge in [0.15, 0.2) is 0 Å². The fourth-order valence-electron chi connectivity index (χ4n) is 2.48. The van der Waals surface area contributed by atoms with Crippen LogP contribution < -0.4 is 10.0 Å². The summed E-state index contributed by atoms with van der Waals surface area (Å²) in [5.41, 5.74) is 0. The molecule has 0 spiro atoms. The van der Waals surface area contributed by atoms with E-state index in [1.54, 1.807) is 6.92 Å². The first-order valence-electron chi connectivity index (χ1n) is 7.20. The van der Waals surface area contributed by atoms with Crippen molar-refractivity contribution in [2.45, 2.75) is 55.9 Å². The Morgan fingerprint density at radius 2 is 1.89 bits per heavy atom. The molecule has 0 aliphatic heterocycles. The largest absolute Gasteiger partial charge is 0.316 e. The fraction of sp³-hybridized carbons (Fsp3) is 1.00. The van der Waals surface area contributed by atoms with Crippen molar-refractivity contribution in [1.82, 2.24) is 10.0 Å². The van der Waals surface area contributed by atoms with Gasteiger partial charge in [0.05, 0.1) is 5.25 Å². The second-order valence-corrected chi connectivity index (χ2v) is 8.89. The Labute approximate surface area is 122 Å². The summed E-state index contributed by atoms with van der Waals surface area (Å²) in [6, 6.07) is 0. The molecule has 1 saturated carbocycles. The zero-order chi connectivity index (χ0) is 14.4. The Balaban J connectivity index is 2.53. The Bertz CT molecular complexity index is 352. The van der Waals surface area contributed by atoms with Crippen LogP contribution in [0, 0.1) is 0 Å². The molecule has 0 aromatic carbocycles. The average molecular weight is 309 g/mol. The van der Waals surface area contributed by atoms with E-state index in [4.69, 9.17) is 0 Å². The van der Waals surface area contributed by atoms with Gasteiger partial charge in [-0.15, -0.1) is 0 Å². The fourth-order valence-corrected chi connectivity index (χ4v) is 4.58. The van der Waals surface area contributed by atoms with Crippen LogP contribution in [0.3, 0.4) is 0 Å². The van der Waals surface area contributed by atoms with Crippen molar-refractivity contribution in [3.63, 3.8) is 0 Å². The van der Waals surface area contributed by atoms with Crippen molar-refractivity contribution in [3.05, 3.63) is 0 Å². The van der Waals surface area contributed by atoms with Crippen LogP contribution in [-0.2, 0) is 10.0 Å². The molecule has 6 heteroatoms. The molecule has 1 aliphatic carbocycles. The lowest BCUT2D eigenvalue weighted by molar-refractivity contribution is 0.394. The van der Waals surface area contributed by atoms with E-state index in [9.17, 15) is 8.42 Å². The maximum Gasteiger partial charge on any atom is 0.215 e.